The van der Waals surface area contributed by atoms with Gasteiger partial charge in [0.05, 0.1) is 12.6 Å². The first-order chi connectivity index (χ1) is 9.11. The molecule has 1 aromatic rings. The van der Waals surface area contributed by atoms with E-state index >= 15 is 0 Å². The van der Waals surface area contributed by atoms with E-state index in [0.29, 0.717) is 19.1 Å². The van der Waals surface area contributed by atoms with E-state index in [1.54, 1.807) is 11.3 Å². The van der Waals surface area contributed by atoms with Gasteiger partial charge in [0, 0.05) is 22.3 Å². The number of thiophene rings is 1. The Labute approximate surface area is 118 Å². The Kier molecular flexibility index (Phi) is 4.96. The van der Waals surface area contributed by atoms with Crippen LogP contribution in [-0.2, 0) is 4.79 Å². The fraction of sp³-hybridized carbons (Fsp3) is 0.643. The lowest BCUT2D eigenvalue weighted by Gasteiger charge is -2.34. The highest BCUT2D eigenvalue weighted by atomic mass is 32.1. The molecule has 1 saturated carbocycles. The van der Waals surface area contributed by atoms with E-state index in [9.17, 15) is 4.79 Å². The lowest BCUT2D eigenvalue weighted by atomic mass is 10.1. The zero-order valence-corrected chi connectivity index (χ0v) is 12.3. The SMILES string of the molecule is Cc1ccc(C(CN)N(CC(N)=O)C2CCCC2)s1. The second kappa shape index (κ2) is 6.50. The van der Waals surface area contributed by atoms with E-state index in [1.807, 2.05) is 0 Å². The summed E-state index contributed by atoms with van der Waals surface area (Å²) in [6.07, 6.45) is 4.77. The smallest absolute Gasteiger partial charge is 0.231 e. The molecule has 1 unspecified atom stereocenters. The third kappa shape index (κ3) is 3.55. The number of hydrogen-bond donors (Lipinski definition) is 2. The summed E-state index contributed by atoms with van der Waals surface area (Å²) < 4.78 is 0. The molecule has 0 bridgehead atoms. The molecule has 1 aromatic heterocycles. The van der Waals surface area contributed by atoms with E-state index in [1.165, 1.54) is 22.6 Å². The largest absolute Gasteiger partial charge is 0.369 e. The topological polar surface area (TPSA) is 72.3 Å². The molecule has 1 atom stereocenters. The average molecular weight is 281 g/mol. The number of nitrogens with zero attached hydrogens (tertiary/aromatic N) is 1. The van der Waals surface area contributed by atoms with Gasteiger partial charge in [-0.2, -0.15) is 0 Å². The van der Waals surface area contributed by atoms with Crippen molar-refractivity contribution in [2.75, 3.05) is 13.1 Å². The Morgan fingerprint density at radius 2 is 2.16 bits per heavy atom. The normalized spacial score (nSPS) is 18.1. The fourth-order valence-electron chi connectivity index (χ4n) is 2.96. The highest BCUT2D eigenvalue weighted by molar-refractivity contribution is 7.12. The molecule has 0 radical (unpaired) electrons. The van der Waals surface area contributed by atoms with Crippen LogP contribution in [0, 0.1) is 6.92 Å². The molecule has 0 aromatic carbocycles. The Balaban J connectivity index is 2.20. The number of hydrogen-bond acceptors (Lipinski definition) is 4. The number of nitrogens with two attached hydrogens (primary N) is 2. The standard InChI is InChI=1S/C14H23N3OS/c1-10-6-7-13(19-10)12(8-15)17(9-14(16)18)11-4-2-3-5-11/h6-7,11-12H,2-5,8-9,15H2,1H3,(H2,16,18). The molecule has 0 aliphatic heterocycles. The van der Waals surface area contributed by atoms with E-state index in [0.717, 1.165) is 12.8 Å². The molecule has 0 spiro atoms. The van der Waals surface area contributed by atoms with Crippen LogP contribution in [0.5, 0.6) is 0 Å². The highest BCUT2D eigenvalue weighted by Crippen LogP contribution is 2.33. The van der Waals surface area contributed by atoms with Gasteiger partial charge >= 0.3 is 0 Å². The predicted octanol–water partition coefficient (Wildman–Crippen LogP) is 1.79. The highest BCUT2D eigenvalue weighted by Gasteiger charge is 2.30. The van der Waals surface area contributed by atoms with Crippen molar-refractivity contribution in [2.45, 2.75) is 44.7 Å². The van der Waals surface area contributed by atoms with Crippen LogP contribution in [0.3, 0.4) is 0 Å². The molecular weight excluding hydrogens is 258 g/mol. The van der Waals surface area contributed by atoms with Crippen molar-refractivity contribution < 1.29 is 4.79 Å². The van der Waals surface area contributed by atoms with E-state index in [4.69, 9.17) is 11.5 Å². The number of carbonyl (C=O) groups excluding carboxylic acids is 1. The number of rotatable bonds is 6. The number of amides is 1. The van der Waals surface area contributed by atoms with Gasteiger partial charge in [-0.25, -0.2) is 0 Å². The van der Waals surface area contributed by atoms with Crippen LogP contribution >= 0.6 is 11.3 Å². The molecular formula is C14H23N3OS. The lowest BCUT2D eigenvalue weighted by molar-refractivity contribution is -0.120. The van der Waals surface area contributed by atoms with Crippen molar-refractivity contribution >= 4 is 17.2 Å². The number of aryl methyl sites for hydroxylation is 1. The van der Waals surface area contributed by atoms with Crippen molar-refractivity contribution in [3.05, 3.63) is 21.9 Å². The summed E-state index contributed by atoms with van der Waals surface area (Å²) in [5, 5.41) is 0. The summed E-state index contributed by atoms with van der Waals surface area (Å²) in [5.41, 5.74) is 11.4. The summed E-state index contributed by atoms with van der Waals surface area (Å²) >= 11 is 1.76. The fourth-order valence-corrected chi connectivity index (χ4v) is 3.97. The molecule has 4 N–H and O–H groups in total. The van der Waals surface area contributed by atoms with E-state index in [2.05, 4.69) is 24.0 Å². The molecule has 5 heteroatoms. The molecule has 106 valence electrons. The summed E-state index contributed by atoms with van der Waals surface area (Å²) in [5.74, 6) is -0.265. The molecule has 0 saturated heterocycles. The van der Waals surface area contributed by atoms with Crippen molar-refractivity contribution in [3.63, 3.8) is 0 Å². The van der Waals surface area contributed by atoms with Gasteiger partial charge in [0.2, 0.25) is 5.91 Å². The third-order valence-electron chi connectivity index (χ3n) is 3.85. The average Bonchev–Trinajstić information content (AvgIpc) is 2.99. The van der Waals surface area contributed by atoms with Crippen LogP contribution in [-0.4, -0.2) is 29.9 Å². The van der Waals surface area contributed by atoms with Crippen LogP contribution in [0.4, 0.5) is 0 Å². The summed E-state index contributed by atoms with van der Waals surface area (Å²) in [7, 11) is 0. The predicted molar refractivity (Wildman–Crippen MR) is 79.0 cm³/mol. The van der Waals surface area contributed by atoms with Gasteiger partial charge in [0.1, 0.15) is 0 Å². The summed E-state index contributed by atoms with van der Waals surface area (Å²) in [4.78, 5) is 16.1. The van der Waals surface area contributed by atoms with Crippen molar-refractivity contribution in [1.82, 2.24) is 4.90 Å². The van der Waals surface area contributed by atoms with Crippen molar-refractivity contribution in [3.8, 4) is 0 Å². The van der Waals surface area contributed by atoms with Gasteiger partial charge in [0.15, 0.2) is 0 Å². The van der Waals surface area contributed by atoms with Crippen LogP contribution < -0.4 is 11.5 Å². The van der Waals surface area contributed by atoms with Gasteiger partial charge in [-0.3, -0.25) is 9.69 Å². The molecule has 1 aliphatic rings. The maximum absolute atomic E-state index is 11.4. The minimum absolute atomic E-state index is 0.120. The first-order valence-electron chi connectivity index (χ1n) is 6.92. The second-order valence-corrected chi connectivity index (χ2v) is 6.60. The Morgan fingerprint density at radius 3 is 2.63 bits per heavy atom. The zero-order chi connectivity index (χ0) is 13.8. The monoisotopic (exact) mass is 281 g/mol. The quantitative estimate of drug-likeness (QED) is 0.835. The van der Waals surface area contributed by atoms with Crippen molar-refractivity contribution in [1.29, 1.82) is 0 Å². The Bertz CT molecular complexity index is 426. The molecule has 1 aliphatic carbocycles. The first kappa shape index (κ1) is 14.5. The third-order valence-corrected chi connectivity index (χ3v) is 4.95. The lowest BCUT2D eigenvalue weighted by Crippen LogP contribution is -2.44. The van der Waals surface area contributed by atoms with E-state index in [-0.39, 0.29) is 11.9 Å². The molecule has 1 amide bonds. The van der Waals surface area contributed by atoms with Gasteiger partial charge in [-0.1, -0.05) is 12.8 Å². The minimum atomic E-state index is -0.265. The van der Waals surface area contributed by atoms with E-state index < -0.39 is 0 Å². The van der Waals surface area contributed by atoms with Gasteiger partial charge in [-0.15, -0.1) is 11.3 Å². The molecule has 4 nitrogen and oxygen atoms in total. The van der Waals surface area contributed by atoms with Gasteiger partial charge in [-0.05, 0) is 31.9 Å². The second-order valence-electron chi connectivity index (χ2n) is 5.28. The minimum Gasteiger partial charge on any atom is -0.369 e. The van der Waals surface area contributed by atoms with Crippen LogP contribution in [0.2, 0.25) is 0 Å². The Morgan fingerprint density at radius 1 is 1.47 bits per heavy atom. The summed E-state index contributed by atoms with van der Waals surface area (Å²) in [6, 6.07) is 4.80. The van der Waals surface area contributed by atoms with Gasteiger partial charge < -0.3 is 11.5 Å². The van der Waals surface area contributed by atoms with Crippen LogP contribution in [0.15, 0.2) is 12.1 Å². The molecule has 1 heterocycles. The molecule has 1 fully saturated rings. The van der Waals surface area contributed by atoms with Gasteiger partial charge in [0.25, 0.3) is 0 Å². The zero-order valence-electron chi connectivity index (χ0n) is 11.5. The molecule has 2 rings (SSSR count). The Hall–Kier alpha value is -0.910. The molecule has 19 heavy (non-hydrogen) atoms. The summed E-state index contributed by atoms with van der Waals surface area (Å²) in [6.45, 7) is 2.93. The van der Waals surface area contributed by atoms with Crippen molar-refractivity contribution in [2.24, 2.45) is 11.5 Å². The first-order valence-corrected chi connectivity index (χ1v) is 7.74. The van der Waals surface area contributed by atoms with Crippen LogP contribution in [0.1, 0.15) is 41.5 Å². The maximum Gasteiger partial charge on any atom is 0.231 e. The van der Waals surface area contributed by atoms with Crippen LogP contribution in [0.25, 0.3) is 0 Å². The maximum atomic E-state index is 11.4. The number of carbonyl (C=O) groups is 1. The number of primary amides is 1.